The molecule has 1 aliphatic heterocycles. The van der Waals surface area contributed by atoms with Crippen LogP contribution in [0.2, 0.25) is 5.02 Å². The second-order valence-corrected chi connectivity index (χ2v) is 15.8. The minimum absolute atomic E-state index is 0.0849. The van der Waals surface area contributed by atoms with E-state index in [1.54, 1.807) is 62.6 Å². The van der Waals surface area contributed by atoms with Crippen LogP contribution in [0.4, 0.5) is 0 Å². The molecule has 61 heavy (non-hydrogen) atoms. The first-order valence-corrected chi connectivity index (χ1v) is 20.3. The number of hydrogen-bond donors (Lipinski definition) is 7. The molecule has 4 bridgehead atoms. The minimum atomic E-state index is -1.43. The van der Waals surface area contributed by atoms with Gasteiger partial charge in [0.05, 0.1) is 0 Å². The molecule has 0 aromatic heterocycles. The molecule has 0 radical (unpaired) electrons. The predicted octanol–water partition coefficient (Wildman–Crippen LogP) is 3.65. The molecule has 8 N–H and O–H groups in total. The smallest absolute Gasteiger partial charge is 0.251 e. The molecule has 15 nitrogen and oxygen atoms in total. The first-order valence-electron chi connectivity index (χ1n) is 19.9. The van der Waals surface area contributed by atoms with Crippen LogP contribution in [0.15, 0.2) is 84.9 Å². The zero-order chi connectivity index (χ0) is 44.5. The summed E-state index contributed by atoms with van der Waals surface area (Å²) >= 11 is 6.04. The molecule has 0 aliphatic carbocycles. The van der Waals surface area contributed by atoms with Crippen LogP contribution in [0, 0.1) is 0 Å². The van der Waals surface area contributed by atoms with Crippen molar-refractivity contribution in [3.63, 3.8) is 0 Å². The third-order valence-electron chi connectivity index (χ3n) is 10.5. The zero-order valence-electron chi connectivity index (χ0n) is 34.7. The van der Waals surface area contributed by atoms with Crippen LogP contribution in [-0.4, -0.2) is 107 Å². The van der Waals surface area contributed by atoms with E-state index in [4.69, 9.17) is 17.3 Å². The van der Waals surface area contributed by atoms with Crippen molar-refractivity contribution in [1.29, 1.82) is 0 Å². The highest BCUT2D eigenvalue weighted by molar-refractivity contribution is 6.30. The van der Waals surface area contributed by atoms with E-state index in [0.29, 0.717) is 35.5 Å². The molecule has 0 saturated heterocycles. The fourth-order valence-electron chi connectivity index (χ4n) is 7.10. The molecule has 0 fully saturated rings. The fourth-order valence-corrected chi connectivity index (χ4v) is 7.23. The maximum Gasteiger partial charge on any atom is 0.251 e. The Kier molecular flexibility index (Phi) is 15.1. The molecule has 16 heteroatoms. The van der Waals surface area contributed by atoms with Crippen molar-refractivity contribution in [2.45, 2.75) is 69.7 Å². The molecule has 6 amide bonds. The summed E-state index contributed by atoms with van der Waals surface area (Å²) in [7, 11) is 4.48. The number of benzene rings is 4. The van der Waals surface area contributed by atoms with Gasteiger partial charge >= 0.3 is 0 Å². The highest BCUT2D eigenvalue weighted by Gasteiger charge is 2.36. The van der Waals surface area contributed by atoms with Crippen LogP contribution in [-0.2, 0) is 30.4 Å². The van der Waals surface area contributed by atoms with Gasteiger partial charge in [-0.25, -0.2) is 0 Å². The number of rotatable bonds is 12. The number of fused-ring (bicyclic) bond motifs is 5. The Morgan fingerprint density at radius 1 is 0.803 bits per heavy atom. The fraction of sp³-hybridized carbons (Fsp3) is 0.333. The van der Waals surface area contributed by atoms with E-state index in [2.05, 4.69) is 21.3 Å². The summed E-state index contributed by atoms with van der Waals surface area (Å²) in [5.41, 5.74) is 8.78. The SMILES string of the molecule is CC1NC(=O)C(N(C)C(=O)C(CCCCN)NC(=O)c2ccc(-c3ccc(Cl)cc3)cc2)c2ccc(O)c(c2)-c2cc(ccc2O)CC(C(=O)NC(C)C(=O)N(C)C)NC1=O. The molecule has 5 atom stereocenters. The number of likely N-dealkylation sites (N-methyl/N-ethyl adjacent to an activating group) is 2. The normalized spacial score (nSPS) is 17.4. The number of amides is 6. The van der Waals surface area contributed by atoms with E-state index in [1.807, 2.05) is 12.1 Å². The van der Waals surface area contributed by atoms with Gasteiger partial charge < -0.3 is 47.0 Å². The molecular formula is C45H52ClN7O8. The van der Waals surface area contributed by atoms with Gasteiger partial charge in [-0.15, -0.1) is 0 Å². The summed E-state index contributed by atoms with van der Waals surface area (Å²) in [6.45, 7) is 3.27. The van der Waals surface area contributed by atoms with Crippen molar-refractivity contribution in [3.05, 3.63) is 107 Å². The Hall–Kier alpha value is -6.45. The van der Waals surface area contributed by atoms with Crippen molar-refractivity contribution in [3.8, 4) is 33.8 Å². The second-order valence-electron chi connectivity index (χ2n) is 15.3. The van der Waals surface area contributed by atoms with Gasteiger partial charge in [0.25, 0.3) is 5.91 Å². The van der Waals surface area contributed by atoms with Gasteiger partial charge in [0, 0.05) is 49.3 Å². The Labute approximate surface area is 359 Å². The minimum Gasteiger partial charge on any atom is -0.507 e. The number of carbonyl (C=O) groups is 6. The van der Waals surface area contributed by atoms with Crippen LogP contribution in [0.3, 0.4) is 0 Å². The van der Waals surface area contributed by atoms with Crippen molar-refractivity contribution >= 4 is 47.0 Å². The molecule has 1 heterocycles. The zero-order valence-corrected chi connectivity index (χ0v) is 35.5. The van der Waals surface area contributed by atoms with E-state index >= 15 is 0 Å². The maximum absolute atomic E-state index is 14.5. The molecule has 1 aliphatic rings. The lowest BCUT2D eigenvalue weighted by atomic mass is 9.93. The Bertz CT molecular complexity index is 2270. The van der Waals surface area contributed by atoms with Gasteiger partial charge in [0.1, 0.15) is 41.7 Å². The number of phenolic OH excluding ortho intramolecular Hbond substituents is 2. The highest BCUT2D eigenvalue weighted by atomic mass is 35.5. The second kappa shape index (κ2) is 20.2. The first kappa shape index (κ1) is 45.6. The average Bonchev–Trinajstić information content (AvgIpc) is 3.23. The van der Waals surface area contributed by atoms with Crippen molar-refractivity contribution in [1.82, 2.24) is 31.1 Å². The third kappa shape index (κ3) is 11.2. The molecule has 0 spiro atoms. The quantitative estimate of drug-likeness (QED) is 0.103. The number of nitrogens with zero attached hydrogens (tertiary/aromatic N) is 2. The van der Waals surface area contributed by atoms with Crippen LogP contribution >= 0.6 is 11.6 Å². The summed E-state index contributed by atoms with van der Waals surface area (Å²) in [4.78, 5) is 85.0. The van der Waals surface area contributed by atoms with Crippen molar-refractivity contribution < 1.29 is 39.0 Å². The summed E-state index contributed by atoms with van der Waals surface area (Å²) in [5.74, 6) is -4.21. The molecule has 5 unspecified atom stereocenters. The summed E-state index contributed by atoms with van der Waals surface area (Å²) in [6.07, 6.45) is 1.13. The number of halogens is 1. The van der Waals surface area contributed by atoms with Gasteiger partial charge in [-0.3, -0.25) is 28.8 Å². The number of unbranched alkanes of at least 4 members (excludes halogenated alkanes) is 1. The van der Waals surface area contributed by atoms with E-state index < -0.39 is 59.7 Å². The summed E-state index contributed by atoms with van der Waals surface area (Å²) < 4.78 is 0. The van der Waals surface area contributed by atoms with E-state index in [0.717, 1.165) is 16.0 Å². The van der Waals surface area contributed by atoms with Crippen LogP contribution < -0.4 is 27.0 Å². The summed E-state index contributed by atoms with van der Waals surface area (Å²) in [5, 5.41) is 33.6. The van der Waals surface area contributed by atoms with E-state index in [1.165, 1.54) is 50.1 Å². The maximum atomic E-state index is 14.5. The van der Waals surface area contributed by atoms with Crippen LogP contribution in [0.25, 0.3) is 22.3 Å². The molecule has 322 valence electrons. The Morgan fingerprint density at radius 3 is 2.03 bits per heavy atom. The average molecular weight is 854 g/mol. The Balaban J connectivity index is 1.49. The van der Waals surface area contributed by atoms with Gasteiger partial charge in [0.15, 0.2) is 0 Å². The molecule has 4 aromatic carbocycles. The van der Waals surface area contributed by atoms with E-state index in [9.17, 15) is 39.0 Å². The van der Waals surface area contributed by atoms with Gasteiger partial charge in [-0.1, -0.05) is 48.0 Å². The standard InChI is InChI=1S/C45H52ClN7O8/c1-25-40(56)51-36(42(58)49-26(2)44(60)52(3)4)23-27-9-19-37(54)33(22-27)34-24-31(16-20-38(34)55)39(43(59)48-25)53(5)45(61)35(8-6-7-21-47)50-41(57)30-12-10-28(11-13-30)29-14-17-32(46)18-15-29/h9-20,22,24-26,35-36,39,54-55H,6-8,21,23,47H2,1-5H3,(H,48,59)(H,49,58)(H,50,57)(H,51,56). The predicted molar refractivity (Wildman–Crippen MR) is 231 cm³/mol. The first-order chi connectivity index (χ1) is 29.0. The van der Waals surface area contributed by atoms with E-state index in [-0.39, 0.29) is 46.9 Å². The van der Waals surface area contributed by atoms with Crippen molar-refractivity contribution in [2.75, 3.05) is 27.7 Å². The number of carbonyl (C=O) groups excluding carboxylic acids is 6. The van der Waals surface area contributed by atoms with Crippen LogP contribution in [0.1, 0.15) is 60.6 Å². The lowest BCUT2D eigenvalue weighted by Crippen LogP contribution is -2.57. The number of phenols is 2. The number of nitrogens with one attached hydrogen (secondary N) is 4. The number of hydrogen-bond acceptors (Lipinski definition) is 9. The van der Waals surface area contributed by atoms with Gasteiger partial charge in [-0.2, -0.15) is 0 Å². The van der Waals surface area contributed by atoms with Crippen LogP contribution in [0.5, 0.6) is 11.5 Å². The topological polar surface area (TPSA) is 224 Å². The summed E-state index contributed by atoms with van der Waals surface area (Å²) in [6, 6.07) is 16.9. The van der Waals surface area contributed by atoms with Crippen molar-refractivity contribution in [2.24, 2.45) is 5.73 Å². The molecule has 4 aromatic rings. The lowest BCUT2D eigenvalue weighted by molar-refractivity contribution is -0.141. The third-order valence-corrected chi connectivity index (χ3v) is 10.8. The molecule has 0 saturated carbocycles. The number of nitrogens with two attached hydrogens (primary N) is 1. The largest absolute Gasteiger partial charge is 0.507 e. The molecule has 5 rings (SSSR count). The number of aromatic hydroxyl groups is 2. The lowest BCUT2D eigenvalue weighted by Gasteiger charge is -2.32. The van der Waals surface area contributed by atoms with Gasteiger partial charge in [-0.05, 0) is 110 Å². The highest BCUT2D eigenvalue weighted by Crippen LogP contribution is 2.39. The monoisotopic (exact) mass is 853 g/mol. The van der Waals surface area contributed by atoms with Gasteiger partial charge in [0.2, 0.25) is 29.5 Å². The molecular weight excluding hydrogens is 802 g/mol. The Morgan fingerprint density at radius 2 is 1.41 bits per heavy atom.